The highest BCUT2D eigenvalue weighted by Crippen LogP contribution is 2.12. The molecule has 1 aliphatic rings. The molecule has 2 rings (SSSR count). The third-order valence-electron chi connectivity index (χ3n) is 4.29. The average Bonchev–Trinajstić information content (AvgIpc) is 2.54. The van der Waals surface area contributed by atoms with Crippen molar-refractivity contribution in [1.82, 2.24) is 20.4 Å². The van der Waals surface area contributed by atoms with Crippen LogP contribution in [0.1, 0.15) is 18.1 Å². The minimum atomic E-state index is -0.458. The zero-order valence-corrected chi connectivity index (χ0v) is 14.1. The number of carbonyl (C=O) groups is 2. The van der Waals surface area contributed by atoms with Gasteiger partial charge in [0.05, 0.1) is 6.04 Å². The molecule has 1 atom stereocenters. The second kappa shape index (κ2) is 8.08. The molecule has 0 unspecified atom stereocenters. The van der Waals surface area contributed by atoms with Gasteiger partial charge < -0.3 is 5.32 Å². The van der Waals surface area contributed by atoms with Gasteiger partial charge in [0.2, 0.25) is 5.91 Å². The van der Waals surface area contributed by atoms with Gasteiger partial charge in [-0.2, -0.15) is 0 Å². The van der Waals surface area contributed by atoms with Gasteiger partial charge in [0.25, 0.3) is 0 Å². The maximum Gasteiger partial charge on any atom is 0.321 e. The highest BCUT2D eigenvalue weighted by molar-refractivity contribution is 5.96. The standard InChI is InChI=1S/C17H26N4O2/c1-13-5-4-6-15(11-13)12-20-7-9-21(10-8-20)14(2)16(22)19-17(23)18-3/h4-6,11,14H,7-10,12H2,1-3H3,(H2,18,19,22,23)/t14-/m0/s1. The number of imide groups is 1. The molecule has 126 valence electrons. The Balaban J connectivity index is 1.81. The molecule has 6 nitrogen and oxygen atoms in total. The number of nitrogens with zero attached hydrogens (tertiary/aromatic N) is 2. The molecular formula is C17H26N4O2. The molecule has 23 heavy (non-hydrogen) atoms. The van der Waals surface area contributed by atoms with Gasteiger partial charge in [0, 0.05) is 39.8 Å². The summed E-state index contributed by atoms with van der Waals surface area (Å²) in [4.78, 5) is 27.7. The average molecular weight is 318 g/mol. The lowest BCUT2D eigenvalue weighted by atomic mass is 10.1. The van der Waals surface area contributed by atoms with E-state index in [1.165, 1.54) is 18.2 Å². The fraction of sp³-hybridized carbons (Fsp3) is 0.529. The van der Waals surface area contributed by atoms with Crippen LogP contribution >= 0.6 is 0 Å². The summed E-state index contributed by atoms with van der Waals surface area (Å²) in [5, 5.41) is 4.73. The zero-order chi connectivity index (χ0) is 16.8. The lowest BCUT2D eigenvalue weighted by molar-refractivity contribution is -0.125. The van der Waals surface area contributed by atoms with E-state index >= 15 is 0 Å². The van der Waals surface area contributed by atoms with Crippen LogP contribution in [0.4, 0.5) is 4.79 Å². The molecule has 0 spiro atoms. The second-order valence-corrected chi connectivity index (χ2v) is 6.05. The van der Waals surface area contributed by atoms with Crippen LogP contribution in [0.5, 0.6) is 0 Å². The van der Waals surface area contributed by atoms with Crippen molar-refractivity contribution in [1.29, 1.82) is 0 Å². The van der Waals surface area contributed by atoms with Gasteiger partial charge in [-0.25, -0.2) is 4.79 Å². The maximum absolute atomic E-state index is 12.0. The lowest BCUT2D eigenvalue weighted by Crippen LogP contribution is -2.55. The molecule has 0 aliphatic carbocycles. The van der Waals surface area contributed by atoms with Crippen molar-refractivity contribution < 1.29 is 9.59 Å². The van der Waals surface area contributed by atoms with Crippen molar-refractivity contribution in [3.05, 3.63) is 35.4 Å². The second-order valence-electron chi connectivity index (χ2n) is 6.05. The molecule has 0 saturated carbocycles. The minimum absolute atomic E-state index is 0.253. The third kappa shape index (κ3) is 5.04. The first-order valence-corrected chi connectivity index (χ1v) is 8.04. The number of piperazine rings is 1. The molecule has 6 heteroatoms. The fourth-order valence-corrected chi connectivity index (χ4v) is 2.82. The summed E-state index contributed by atoms with van der Waals surface area (Å²) in [6.07, 6.45) is 0. The van der Waals surface area contributed by atoms with E-state index in [-0.39, 0.29) is 11.9 Å². The van der Waals surface area contributed by atoms with Crippen LogP contribution in [0, 0.1) is 6.92 Å². The normalized spacial score (nSPS) is 17.5. The van der Waals surface area contributed by atoms with Crippen molar-refractivity contribution >= 4 is 11.9 Å². The van der Waals surface area contributed by atoms with Gasteiger partial charge >= 0.3 is 6.03 Å². The minimum Gasteiger partial charge on any atom is -0.341 e. The number of aryl methyl sites for hydroxylation is 1. The van der Waals surface area contributed by atoms with E-state index < -0.39 is 6.03 Å². The Morgan fingerprint density at radius 2 is 1.91 bits per heavy atom. The number of hydrogen-bond donors (Lipinski definition) is 2. The Hall–Kier alpha value is -1.92. The number of benzene rings is 1. The highest BCUT2D eigenvalue weighted by atomic mass is 16.2. The van der Waals surface area contributed by atoms with Gasteiger partial charge in [-0.3, -0.25) is 19.9 Å². The Morgan fingerprint density at radius 3 is 2.52 bits per heavy atom. The topological polar surface area (TPSA) is 64.7 Å². The molecule has 1 aromatic carbocycles. The number of nitrogens with one attached hydrogen (secondary N) is 2. The molecule has 3 amide bonds. The molecule has 0 radical (unpaired) electrons. The quantitative estimate of drug-likeness (QED) is 0.868. The molecule has 0 aromatic heterocycles. The predicted molar refractivity (Wildman–Crippen MR) is 90.1 cm³/mol. The van der Waals surface area contributed by atoms with Crippen LogP contribution in [-0.4, -0.2) is 61.0 Å². The summed E-state index contributed by atoms with van der Waals surface area (Å²) in [6, 6.07) is 7.80. The first-order valence-electron chi connectivity index (χ1n) is 8.04. The largest absolute Gasteiger partial charge is 0.341 e. The number of urea groups is 1. The number of amides is 3. The van der Waals surface area contributed by atoms with Crippen LogP contribution in [-0.2, 0) is 11.3 Å². The first-order chi connectivity index (χ1) is 11.0. The monoisotopic (exact) mass is 318 g/mol. The molecule has 1 saturated heterocycles. The third-order valence-corrected chi connectivity index (χ3v) is 4.29. The molecular weight excluding hydrogens is 292 g/mol. The van der Waals surface area contributed by atoms with Gasteiger partial charge in [-0.1, -0.05) is 29.8 Å². The number of rotatable bonds is 4. The number of hydrogen-bond acceptors (Lipinski definition) is 4. The molecule has 1 fully saturated rings. The van der Waals surface area contributed by atoms with E-state index in [4.69, 9.17) is 0 Å². The van der Waals surface area contributed by atoms with Crippen molar-refractivity contribution in [3.8, 4) is 0 Å². The van der Waals surface area contributed by atoms with Crippen LogP contribution in [0.2, 0.25) is 0 Å². The van der Waals surface area contributed by atoms with Crippen LogP contribution in [0.3, 0.4) is 0 Å². The van der Waals surface area contributed by atoms with Crippen molar-refractivity contribution in [2.45, 2.75) is 26.4 Å². The summed E-state index contributed by atoms with van der Waals surface area (Å²) >= 11 is 0. The first kappa shape index (κ1) is 17.4. The highest BCUT2D eigenvalue weighted by Gasteiger charge is 2.26. The van der Waals surface area contributed by atoms with Crippen molar-refractivity contribution in [2.75, 3.05) is 33.2 Å². The number of carbonyl (C=O) groups excluding carboxylic acids is 2. The van der Waals surface area contributed by atoms with Gasteiger partial charge in [0.1, 0.15) is 0 Å². The van der Waals surface area contributed by atoms with Crippen molar-refractivity contribution in [2.24, 2.45) is 0 Å². The van der Waals surface area contributed by atoms with E-state index in [1.54, 1.807) is 0 Å². The molecule has 1 aromatic rings. The molecule has 1 heterocycles. The summed E-state index contributed by atoms with van der Waals surface area (Å²) in [6.45, 7) is 8.39. The summed E-state index contributed by atoms with van der Waals surface area (Å²) in [7, 11) is 1.50. The fourth-order valence-electron chi connectivity index (χ4n) is 2.82. The zero-order valence-electron chi connectivity index (χ0n) is 14.1. The lowest BCUT2D eigenvalue weighted by Gasteiger charge is -2.37. The van der Waals surface area contributed by atoms with Gasteiger partial charge in [0.15, 0.2) is 0 Å². The summed E-state index contributed by atoms with van der Waals surface area (Å²) in [5.74, 6) is -0.253. The Labute approximate surface area is 137 Å². The summed E-state index contributed by atoms with van der Waals surface area (Å²) in [5.41, 5.74) is 2.60. The van der Waals surface area contributed by atoms with Gasteiger partial charge in [-0.05, 0) is 19.4 Å². The smallest absolute Gasteiger partial charge is 0.321 e. The SMILES string of the molecule is CNC(=O)NC(=O)[C@H](C)N1CCN(Cc2cccc(C)c2)CC1. The predicted octanol–water partition coefficient (Wildman–Crippen LogP) is 0.957. The molecule has 2 N–H and O–H groups in total. The van der Waals surface area contributed by atoms with Crippen LogP contribution in [0.25, 0.3) is 0 Å². The molecule has 1 aliphatic heterocycles. The van der Waals surface area contributed by atoms with Crippen molar-refractivity contribution in [3.63, 3.8) is 0 Å². The Bertz CT molecular complexity index is 553. The van der Waals surface area contributed by atoms with Crippen LogP contribution < -0.4 is 10.6 Å². The summed E-state index contributed by atoms with van der Waals surface area (Å²) < 4.78 is 0. The van der Waals surface area contributed by atoms with E-state index in [2.05, 4.69) is 51.6 Å². The van der Waals surface area contributed by atoms with Gasteiger partial charge in [-0.15, -0.1) is 0 Å². The van der Waals surface area contributed by atoms with Crippen LogP contribution in [0.15, 0.2) is 24.3 Å². The van der Waals surface area contributed by atoms with E-state index in [1.807, 2.05) is 6.92 Å². The Kier molecular flexibility index (Phi) is 6.12. The molecule has 0 bridgehead atoms. The van der Waals surface area contributed by atoms with E-state index in [0.29, 0.717) is 0 Å². The van der Waals surface area contributed by atoms with E-state index in [0.717, 1.165) is 32.7 Å². The maximum atomic E-state index is 12.0. The Morgan fingerprint density at radius 1 is 1.22 bits per heavy atom. The van der Waals surface area contributed by atoms with E-state index in [9.17, 15) is 9.59 Å².